The number of hydrogen-bond donors (Lipinski definition) is 0. The molecule has 0 aromatic carbocycles. The van der Waals surface area contributed by atoms with E-state index in [-0.39, 0.29) is 40.5 Å². The van der Waals surface area contributed by atoms with Crippen LogP contribution in [0.2, 0.25) is 0 Å². The third kappa shape index (κ3) is 3.50. The maximum absolute atomic E-state index is 13.3. The van der Waals surface area contributed by atoms with Gasteiger partial charge in [-0.15, -0.1) is 0 Å². The standard InChI is InChI=1S/C25H37NO5/c1-23(2,3)31-22(29)26-14-16-17-7-8-19(21(28)30-6)24(17,4)12-10-18(16)25(5)11-9-15(27)13-20(25)26/h13,16-19H,7-12,14H2,1-6H3/t16-,17-,18-,19+,24-,25+/m0/s1. The second-order valence-corrected chi connectivity index (χ2v) is 11.6. The van der Waals surface area contributed by atoms with Crippen molar-refractivity contribution in [1.82, 2.24) is 4.90 Å². The van der Waals surface area contributed by atoms with E-state index in [0.717, 1.165) is 37.8 Å². The van der Waals surface area contributed by atoms with Gasteiger partial charge < -0.3 is 9.47 Å². The summed E-state index contributed by atoms with van der Waals surface area (Å²) in [5.41, 5.74) is -0.0899. The highest BCUT2D eigenvalue weighted by Gasteiger charge is 2.62. The van der Waals surface area contributed by atoms with E-state index in [1.807, 2.05) is 20.8 Å². The normalized spacial score (nSPS) is 39.7. The van der Waals surface area contributed by atoms with Crippen molar-refractivity contribution in [2.24, 2.45) is 34.5 Å². The van der Waals surface area contributed by atoms with Crippen LogP contribution < -0.4 is 0 Å². The molecule has 2 saturated carbocycles. The van der Waals surface area contributed by atoms with Gasteiger partial charge in [0.15, 0.2) is 5.78 Å². The Balaban J connectivity index is 1.72. The Bertz CT molecular complexity index is 826. The SMILES string of the molecule is COC(=O)[C@H]1CC[C@H]2[C@@H]3CN(C(=O)OC(C)(C)C)C4=CC(=O)CC[C@]4(C)[C@H]3CC[C@]12C. The van der Waals surface area contributed by atoms with Crippen molar-refractivity contribution in [2.75, 3.05) is 13.7 Å². The molecule has 4 aliphatic rings. The Labute approximate surface area is 185 Å². The van der Waals surface area contributed by atoms with Crippen LogP contribution in [0.4, 0.5) is 4.79 Å². The molecular formula is C25H37NO5. The zero-order valence-electron chi connectivity index (χ0n) is 19.8. The molecule has 172 valence electrons. The van der Waals surface area contributed by atoms with Crippen molar-refractivity contribution in [3.63, 3.8) is 0 Å². The van der Waals surface area contributed by atoms with E-state index in [0.29, 0.717) is 24.8 Å². The van der Waals surface area contributed by atoms with Crippen LogP contribution in [0.5, 0.6) is 0 Å². The molecule has 3 fully saturated rings. The van der Waals surface area contributed by atoms with Gasteiger partial charge in [0.2, 0.25) is 0 Å². The van der Waals surface area contributed by atoms with Crippen molar-refractivity contribution >= 4 is 17.8 Å². The highest BCUT2D eigenvalue weighted by molar-refractivity contribution is 5.92. The average molecular weight is 432 g/mol. The van der Waals surface area contributed by atoms with Crippen molar-refractivity contribution in [2.45, 2.75) is 78.7 Å². The minimum absolute atomic E-state index is 0.0731. The summed E-state index contributed by atoms with van der Waals surface area (Å²) in [6, 6.07) is 0. The Morgan fingerprint density at radius 3 is 2.45 bits per heavy atom. The van der Waals surface area contributed by atoms with Crippen LogP contribution in [0.15, 0.2) is 11.8 Å². The van der Waals surface area contributed by atoms with Crippen LogP contribution in [0.3, 0.4) is 0 Å². The van der Waals surface area contributed by atoms with E-state index < -0.39 is 5.60 Å². The van der Waals surface area contributed by atoms with Gasteiger partial charge in [0.25, 0.3) is 0 Å². The molecule has 1 aliphatic heterocycles. The van der Waals surface area contributed by atoms with Gasteiger partial charge in [-0.1, -0.05) is 13.8 Å². The highest BCUT2D eigenvalue weighted by atomic mass is 16.6. The lowest BCUT2D eigenvalue weighted by Gasteiger charge is -2.59. The molecule has 6 heteroatoms. The van der Waals surface area contributed by atoms with Crippen LogP contribution in [0.1, 0.15) is 73.1 Å². The first-order valence-electron chi connectivity index (χ1n) is 11.7. The second kappa shape index (κ2) is 7.35. The Kier molecular flexibility index (Phi) is 5.30. The molecule has 0 N–H and O–H groups in total. The third-order valence-corrected chi connectivity index (χ3v) is 8.81. The number of carbonyl (C=O) groups is 3. The summed E-state index contributed by atoms with van der Waals surface area (Å²) in [6.45, 7) is 10.6. The monoisotopic (exact) mass is 431 g/mol. The largest absolute Gasteiger partial charge is 0.469 e. The fourth-order valence-corrected chi connectivity index (χ4v) is 7.32. The molecule has 31 heavy (non-hydrogen) atoms. The van der Waals surface area contributed by atoms with Crippen molar-refractivity contribution in [3.8, 4) is 0 Å². The maximum atomic E-state index is 13.3. The fourth-order valence-electron chi connectivity index (χ4n) is 7.32. The molecule has 0 aromatic heterocycles. The van der Waals surface area contributed by atoms with Crippen LogP contribution in [-0.2, 0) is 19.1 Å². The van der Waals surface area contributed by atoms with Crippen molar-refractivity contribution < 1.29 is 23.9 Å². The summed E-state index contributed by atoms with van der Waals surface area (Å²) in [6.07, 6.45) is 6.45. The number of methoxy groups -OCH3 is 1. The molecule has 3 aliphatic carbocycles. The van der Waals surface area contributed by atoms with E-state index >= 15 is 0 Å². The Morgan fingerprint density at radius 2 is 1.81 bits per heavy atom. The molecule has 6 nitrogen and oxygen atoms in total. The lowest BCUT2D eigenvalue weighted by molar-refractivity contribution is -0.153. The van der Waals surface area contributed by atoms with E-state index in [2.05, 4.69) is 13.8 Å². The smallest absolute Gasteiger partial charge is 0.414 e. The molecule has 1 saturated heterocycles. The first-order valence-corrected chi connectivity index (χ1v) is 11.7. The molecule has 1 heterocycles. The molecule has 1 amide bonds. The molecule has 4 rings (SSSR count). The predicted octanol–water partition coefficient (Wildman–Crippen LogP) is 4.72. The topological polar surface area (TPSA) is 72.9 Å². The minimum Gasteiger partial charge on any atom is -0.469 e. The first kappa shape index (κ1) is 22.3. The number of ether oxygens (including phenoxy) is 2. The number of fused-ring (bicyclic) bond motifs is 5. The van der Waals surface area contributed by atoms with Crippen molar-refractivity contribution in [3.05, 3.63) is 11.8 Å². The third-order valence-electron chi connectivity index (χ3n) is 8.81. The number of carbonyl (C=O) groups excluding carboxylic acids is 3. The lowest BCUT2D eigenvalue weighted by Crippen LogP contribution is -2.59. The van der Waals surface area contributed by atoms with Gasteiger partial charge in [-0.05, 0) is 76.0 Å². The van der Waals surface area contributed by atoms with Gasteiger partial charge in [0.05, 0.1) is 13.0 Å². The first-order chi connectivity index (χ1) is 14.4. The van der Waals surface area contributed by atoms with Gasteiger partial charge in [-0.3, -0.25) is 14.5 Å². The van der Waals surface area contributed by atoms with Crippen LogP contribution in [-0.4, -0.2) is 42.0 Å². The number of amides is 1. The predicted molar refractivity (Wildman–Crippen MR) is 116 cm³/mol. The fraction of sp³-hybridized carbons (Fsp3) is 0.800. The van der Waals surface area contributed by atoms with Crippen LogP contribution in [0, 0.1) is 34.5 Å². The quantitative estimate of drug-likeness (QED) is 0.562. The van der Waals surface area contributed by atoms with Gasteiger partial charge in [-0.25, -0.2) is 4.79 Å². The number of likely N-dealkylation sites (tertiary alicyclic amines) is 1. The van der Waals surface area contributed by atoms with E-state index in [1.54, 1.807) is 11.0 Å². The van der Waals surface area contributed by atoms with Gasteiger partial charge in [-0.2, -0.15) is 0 Å². The summed E-state index contributed by atoms with van der Waals surface area (Å²) >= 11 is 0. The van der Waals surface area contributed by atoms with Crippen molar-refractivity contribution in [1.29, 1.82) is 0 Å². The average Bonchev–Trinajstić information content (AvgIpc) is 3.03. The molecule has 0 spiro atoms. The Morgan fingerprint density at radius 1 is 1.10 bits per heavy atom. The molecule has 0 unspecified atom stereocenters. The Hall–Kier alpha value is -1.85. The number of hydrogen-bond acceptors (Lipinski definition) is 5. The second-order valence-electron chi connectivity index (χ2n) is 11.6. The van der Waals surface area contributed by atoms with E-state index in [4.69, 9.17) is 9.47 Å². The summed E-state index contributed by atoms with van der Waals surface area (Å²) in [7, 11) is 1.48. The van der Waals surface area contributed by atoms with E-state index in [9.17, 15) is 14.4 Å². The molecule has 6 atom stereocenters. The summed E-state index contributed by atoms with van der Waals surface area (Å²) < 4.78 is 10.9. The van der Waals surface area contributed by atoms with Gasteiger partial charge in [0, 0.05) is 30.2 Å². The van der Waals surface area contributed by atoms with Crippen LogP contribution >= 0.6 is 0 Å². The number of ketones is 1. The summed E-state index contributed by atoms with van der Waals surface area (Å²) in [5.74, 6) is 0.966. The number of rotatable bonds is 1. The number of nitrogens with zero attached hydrogens (tertiary/aromatic N) is 1. The van der Waals surface area contributed by atoms with E-state index in [1.165, 1.54) is 7.11 Å². The van der Waals surface area contributed by atoms with Gasteiger partial charge >= 0.3 is 12.1 Å². The molecule has 0 radical (unpaired) electrons. The summed E-state index contributed by atoms with van der Waals surface area (Å²) in [5, 5.41) is 0. The number of allylic oxidation sites excluding steroid dienone is 2. The molecular weight excluding hydrogens is 394 g/mol. The zero-order chi connectivity index (χ0) is 22.8. The summed E-state index contributed by atoms with van der Waals surface area (Å²) in [4.78, 5) is 39.9. The minimum atomic E-state index is -0.603. The molecule has 0 bridgehead atoms. The number of piperidine rings is 1. The maximum Gasteiger partial charge on any atom is 0.414 e. The number of esters is 1. The zero-order valence-corrected chi connectivity index (χ0v) is 19.8. The highest BCUT2D eigenvalue weighted by Crippen LogP contribution is 2.65. The van der Waals surface area contributed by atoms with Crippen LogP contribution in [0.25, 0.3) is 0 Å². The van der Waals surface area contributed by atoms with Gasteiger partial charge in [0.1, 0.15) is 5.60 Å². The lowest BCUT2D eigenvalue weighted by atomic mass is 9.49. The molecule has 0 aromatic rings.